The molecule has 1 N–H and O–H groups in total. The second kappa shape index (κ2) is 7.71. The van der Waals surface area contributed by atoms with Crippen molar-refractivity contribution in [2.45, 2.75) is 32.2 Å². The Balaban J connectivity index is 2.76. The number of hydrogen-bond donors (Lipinski definition) is 1. The molecule has 106 valence electrons. The first-order valence-corrected chi connectivity index (χ1v) is 6.77. The third kappa shape index (κ3) is 3.93. The van der Waals surface area contributed by atoms with Gasteiger partial charge in [0.2, 0.25) is 0 Å². The second-order valence-corrected chi connectivity index (χ2v) is 4.83. The summed E-state index contributed by atoms with van der Waals surface area (Å²) >= 11 is 0. The Kier molecular flexibility index (Phi) is 6.60. The molecule has 1 unspecified atom stereocenters. The topological polar surface area (TPSA) is 50.8 Å². The van der Waals surface area contributed by atoms with Gasteiger partial charge in [-0.25, -0.2) is 0 Å². The van der Waals surface area contributed by atoms with E-state index in [0.717, 1.165) is 32.6 Å². The van der Waals surface area contributed by atoms with Crippen molar-refractivity contribution in [3.05, 3.63) is 0 Å². The first kappa shape index (κ1) is 15.4. The molecule has 1 aliphatic rings. The Hall–Kier alpha value is -0.650. The van der Waals surface area contributed by atoms with E-state index in [-0.39, 0.29) is 5.97 Å². The number of rotatable bonds is 6. The molecule has 1 rings (SSSR count). The summed E-state index contributed by atoms with van der Waals surface area (Å²) in [6.45, 7) is 8.54. The molecular weight excluding hydrogens is 232 g/mol. The summed E-state index contributed by atoms with van der Waals surface area (Å²) < 4.78 is 10.4. The fourth-order valence-corrected chi connectivity index (χ4v) is 2.32. The van der Waals surface area contributed by atoms with Crippen molar-refractivity contribution in [1.29, 1.82) is 0 Å². The number of esters is 1. The van der Waals surface area contributed by atoms with Crippen molar-refractivity contribution in [2.75, 3.05) is 46.5 Å². The number of nitrogens with zero attached hydrogens (tertiary/aromatic N) is 1. The number of carbonyl (C=O) groups excluding carboxylic acids is 1. The molecule has 18 heavy (non-hydrogen) atoms. The van der Waals surface area contributed by atoms with Gasteiger partial charge in [-0.3, -0.25) is 9.69 Å². The summed E-state index contributed by atoms with van der Waals surface area (Å²) in [5.41, 5.74) is -0.571. The standard InChI is InChI=1S/C13H26N2O3/c1-4-18-12(16)13(2,6-11-17-3)15-9-5-7-14-8-10-15/h14H,4-11H2,1-3H3. The van der Waals surface area contributed by atoms with Gasteiger partial charge in [-0.2, -0.15) is 0 Å². The van der Waals surface area contributed by atoms with Crippen LogP contribution in [0.4, 0.5) is 0 Å². The number of ether oxygens (including phenoxy) is 2. The highest BCUT2D eigenvalue weighted by Gasteiger charge is 2.40. The zero-order chi connectivity index (χ0) is 13.4. The largest absolute Gasteiger partial charge is 0.465 e. The fraction of sp³-hybridized carbons (Fsp3) is 0.923. The van der Waals surface area contributed by atoms with Gasteiger partial charge in [0.1, 0.15) is 5.54 Å². The van der Waals surface area contributed by atoms with E-state index in [1.54, 1.807) is 7.11 Å². The van der Waals surface area contributed by atoms with E-state index in [9.17, 15) is 4.79 Å². The van der Waals surface area contributed by atoms with E-state index in [0.29, 0.717) is 19.6 Å². The van der Waals surface area contributed by atoms with E-state index in [1.165, 1.54) is 0 Å². The molecule has 0 radical (unpaired) electrons. The lowest BCUT2D eigenvalue weighted by atomic mass is 9.95. The first-order chi connectivity index (χ1) is 8.65. The summed E-state index contributed by atoms with van der Waals surface area (Å²) in [6, 6.07) is 0. The predicted octanol–water partition coefficient (Wildman–Crippen LogP) is 0.640. The van der Waals surface area contributed by atoms with Crippen LogP contribution in [0.1, 0.15) is 26.7 Å². The molecule has 0 spiro atoms. The van der Waals surface area contributed by atoms with E-state index in [4.69, 9.17) is 9.47 Å². The van der Waals surface area contributed by atoms with Gasteiger partial charge in [0.25, 0.3) is 0 Å². The number of hydrogen-bond acceptors (Lipinski definition) is 5. The van der Waals surface area contributed by atoms with Crippen LogP contribution in [0.25, 0.3) is 0 Å². The summed E-state index contributed by atoms with van der Waals surface area (Å²) in [6.07, 6.45) is 1.73. The summed E-state index contributed by atoms with van der Waals surface area (Å²) in [7, 11) is 1.66. The van der Waals surface area contributed by atoms with Gasteiger partial charge in [-0.1, -0.05) is 0 Å². The highest BCUT2D eigenvalue weighted by molar-refractivity contribution is 5.80. The van der Waals surface area contributed by atoms with Crippen LogP contribution in [0.5, 0.6) is 0 Å². The van der Waals surface area contributed by atoms with Crippen LogP contribution in [-0.2, 0) is 14.3 Å². The van der Waals surface area contributed by atoms with Crippen LogP contribution >= 0.6 is 0 Å². The van der Waals surface area contributed by atoms with Gasteiger partial charge in [0.05, 0.1) is 6.61 Å². The smallest absolute Gasteiger partial charge is 0.326 e. The Morgan fingerprint density at radius 2 is 2.17 bits per heavy atom. The molecule has 1 atom stereocenters. The lowest BCUT2D eigenvalue weighted by Crippen LogP contribution is -2.55. The monoisotopic (exact) mass is 258 g/mol. The molecule has 1 fully saturated rings. The van der Waals surface area contributed by atoms with Gasteiger partial charge in [-0.15, -0.1) is 0 Å². The fourth-order valence-electron chi connectivity index (χ4n) is 2.32. The van der Waals surface area contributed by atoms with Gasteiger partial charge >= 0.3 is 5.97 Å². The molecule has 1 saturated heterocycles. The highest BCUT2D eigenvalue weighted by atomic mass is 16.5. The number of methoxy groups -OCH3 is 1. The van der Waals surface area contributed by atoms with Crippen LogP contribution in [0.2, 0.25) is 0 Å². The van der Waals surface area contributed by atoms with Gasteiger partial charge in [0, 0.05) is 33.4 Å². The van der Waals surface area contributed by atoms with Gasteiger partial charge < -0.3 is 14.8 Å². The Bertz CT molecular complexity index is 253. The van der Waals surface area contributed by atoms with E-state index in [1.807, 2.05) is 13.8 Å². The molecule has 5 heteroatoms. The van der Waals surface area contributed by atoms with Crippen LogP contribution in [0.3, 0.4) is 0 Å². The maximum Gasteiger partial charge on any atom is 0.326 e. The van der Waals surface area contributed by atoms with Crippen molar-refractivity contribution in [3.8, 4) is 0 Å². The molecule has 0 amide bonds. The maximum atomic E-state index is 12.2. The minimum Gasteiger partial charge on any atom is -0.465 e. The molecule has 0 saturated carbocycles. The number of nitrogens with one attached hydrogen (secondary N) is 1. The second-order valence-electron chi connectivity index (χ2n) is 4.83. The first-order valence-electron chi connectivity index (χ1n) is 6.77. The molecule has 0 aromatic carbocycles. The molecule has 0 aliphatic carbocycles. The van der Waals surface area contributed by atoms with Crippen LogP contribution < -0.4 is 5.32 Å². The predicted molar refractivity (Wildman–Crippen MR) is 70.6 cm³/mol. The van der Waals surface area contributed by atoms with Crippen LogP contribution in [0.15, 0.2) is 0 Å². The summed E-state index contributed by atoms with van der Waals surface area (Å²) in [4.78, 5) is 14.5. The zero-order valence-corrected chi connectivity index (χ0v) is 11.8. The molecule has 1 aliphatic heterocycles. The normalized spacial score (nSPS) is 21.1. The van der Waals surface area contributed by atoms with Gasteiger partial charge in [0.15, 0.2) is 0 Å². The summed E-state index contributed by atoms with van der Waals surface area (Å²) in [5, 5.41) is 3.35. The van der Waals surface area contributed by atoms with Gasteiger partial charge in [-0.05, 0) is 33.2 Å². The van der Waals surface area contributed by atoms with E-state index in [2.05, 4.69) is 10.2 Å². The minimum atomic E-state index is -0.571. The van der Waals surface area contributed by atoms with Crippen molar-refractivity contribution < 1.29 is 14.3 Å². The lowest BCUT2D eigenvalue weighted by molar-refractivity contribution is -0.158. The summed E-state index contributed by atoms with van der Waals surface area (Å²) in [5.74, 6) is -0.135. The third-order valence-corrected chi connectivity index (χ3v) is 3.55. The Morgan fingerprint density at radius 1 is 1.39 bits per heavy atom. The molecular formula is C13H26N2O3. The lowest BCUT2D eigenvalue weighted by Gasteiger charge is -2.38. The van der Waals surface area contributed by atoms with Crippen molar-refractivity contribution in [2.24, 2.45) is 0 Å². The van der Waals surface area contributed by atoms with Crippen molar-refractivity contribution in [3.63, 3.8) is 0 Å². The maximum absolute atomic E-state index is 12.2. The molecule has 1 heterocycles. The minimum absolute atomic E-state index is 0.135. The number of carbonyl (C=O) groups is 1. The molecule has 0 aromatic heterocycles. The van der Waals surface area contributed by atoms with Crippen LogP contribution in [0, 0.1) is 0 Å². The van der Waals surface area contributed by atoms with Crippen LogP contribution in [-0.4, -0.2) is 62.9 Å². The Morgan fingerprint density at radius 3 is 2.83 bits per heavy atom. The molecule has 0 aromatic rings. The average Bonchev–Trinajstić information content (AvgIpc) is 2.65. The SMILES string of the molecule is CCOC(=O)C(C)(CCOC)N1CCCNCC1. The highest BCUT2D eigenvalue weighted by Crippen LogP contribution is 2.22. The zero-order valence-electron chi connectivity index (χ0n) is 11.8. The quantitative estimate of drug-likeness (QED) is 0.709. The molecule has 5 nitrogen and oxygen atoms in total. The third-order valence-electron chi connectivity index (χ3n) is 3.55. The van der Waals surface area contributed by atoms with E-state index >= 15 is 0 Å². The van der Waals surface area contributed by atoms with E-state index < -0.39 is 5.54 Å². The Labute approximate surface area is 110 Å². The average molecular weight is 258 g/mol. The van der Waals surface area contributed by atoms with Crippen molar-refractivity contribution >= 4 is 5.97 Å². The molecule has 0 bridgehead atoms. The van der Waals surface area contributed by atoms with Crippen molar-refractivity contribution in [1.82, 2.24) is 10.2 Å².